The highest BCUT2D eigenvalue weighted by Crippen LogP contribution is 2.44. The summed E-state index contributed by atoms with van der Waals surface area (Å²) in [6, 6.07) is 57.2. The lowest BCUT2D eigenvalue weighted by Gasteiger charge is -2.15. The molecule has 0 fully saturated rings. The van der Waals surface area contributed by atoms with E-state index in [1.54, 1.807) is 0 Å². The molecule has 0 aliphatic heterocycles. The van der Waals surface area contributed by atoms with Gasteiger partial charge in [0, 0.05) is 21.9 Å². The summed E-state index contributed by atoms with van der Waals surface area (Å²) in [5, 5.41) is 10.2. The van der Waals surface area contributed by atoms with E-state index in [0.717, 1.165) is 27.8 Å². The summed E-state index contributed by atoms with van der Waals surface area (Å²) in [6.45, 7) is 0. The first-order valence-corrected chi connectivity index (χ1v) is 15.5. The van der Waals surface area contributed by atoms with Gasteiger partial charge in [0.15, 0.2) is 0 Å². The molecule has 0 spiro atoms. The van der Waals surface area contributed by atoms with Gasteiger partial charge in [0.05, 0.1) is 16.6 Å². The van der Waals surface area contributed by atoms with Crippen molar-refractivity contribution in [1.82, 2.24) is 9.38 Å². The Balaban J connectivity index is 1.29. The standard InChI is InChI=1S/C43H26N2/c1-2-10-30(11-3-1)43-44-37-18-6-4-16-35(37)42-41(36-17-5-7-19-38(36)45(42)43)32-15-9-14-31(26-32)33-24-22-29-21-20-27-12-8-13-28-23-25-34(33)40(29)39(27)28/h1-26H. The molecule has 0 unspecified atom stereocenters. The molecule has 0 aliphatic rings. The summed E-state index contributed by atoms with van der Waals surface area (Å²) in [7, 11) is 0. The molecule has 0 bridgehead atoms. The van der Waals surface area contributed by atoms with Gasteiger partial charge in [0.2, 0.25) is 0 Å². The SMILES string of the molecule is c1ccc(-c2nc3ccccc3c3c(-c4cccc(-c5ccc6ccc7cccc8ccc5c6c78)c4)c4ccccc4n23)cc1. The van der Waals surface area contributed by atoms with Gasteiger partial charge >= 0.3 is 0 Å². The van der Waals surface area contributed by atoms with Gasteiger partial charge in [-0.2, -0.15) is 0 Å². The van der Waals surface area contributed by atoms with Crippen molar-refractivity contribution in [2.75, 3.05) is 0 Å². The number of rotatable bonds is 3. The van der Waals surface area contributed by atoms with Crippen LogP contribution in [0.5, 0.6) is 0 Å². The molecule has 208 valence electrons. The monoisotopic (exact) mass is 570 g/mol. The van der Waals surface area contributed by atoms with Crippen molar-refractivity contribution in [2.45, 2.75) is 0 Å². The molecular formula is C43H26N2. The summed E-state index contributed by atoms with van der Waals surface area (Å²) in [5.41, 5.74) is 9.36. The predicted molar refractivity (Wildman–Crippen MR) is 190 cm³/mol. The number of hydrogen-bond donors (Lipinski definition) is 0. The highest BCUT2D eigenvalue weighted by molar-refractivity contribution is 6.25. The second kappa shape index (κ2) is 9.25. The third kappa shape index (κ3) is 3.48. The smallest absolute Gasteiger partial charge is 0.145 e. The number of hydrogen-bond acceptors (Lipinski definition) is 1. The van der Waals surface area contributed by atoms with Gasteiger partial charge in [-0.1, -0.05) is 140 Å². The average molecular weight is 571 g/mol. The maximum atomic E-state index is 5.23. The molecule has 0 amide bonds. The molecular weight excluding hydrogens is 544 g/mol. The van der Waals surface area contributed by atoms with E-state index >= 15 is 0 Å². The molecule has 0 atom stereocenters. The molecule has 2 aromatic heterocycles. The summed E-state index contributed by atoms with van der Waals surface area (Å²) < 4.78 is 2.37. The molecule has 0 saturated heterocycles. The van der Waals surface area contributed by atoms with E-state index in [-0.39, 0.29) is 0 Å². The highest BCUT2D eigenvalue weighted by atomic mass is 15.0. The lowest BCUT2D eigenvalue weighted by atomic mass is 9.89. The molecule has 0 N–H and O–H groups in total. The topological polar surface area (TPSA) is 17.3 Å². The minimum absolute atomic E-state index is 0.953. The van der Waals surface area contributed by atoms with Crippen LogP contribution in [-0.4, -0.2) is 9.38 Å². The van der Waals surface area contributed by atoms with Crippen LogP contribution >= 0.6 is 0 Å². The Labute approximate surface area is 259 Å². The van der Waals surface area contributed by atoms with E-state index in [4.69, 9.17) is 4.98 Å². The van der Waals surface area contributed by atoms with Crippen LogP contribution in [0.4, 0.5) is 0 Å². The maximum Gasteiger partial charge on any atom is 0.145 e. The molecule has 8 aromatic carbocycles. The van der Waals surface area contributed by atoms with Crippen LogP contribution in [0.15, 0.2) is 158 Å². The molecule has 0 saturated carbocycles. The Bertz CT molecular complexity index is 2740. The van der Waals surface area contributed by atoms with Crippen LogP contribution in [-0.2, 0) is 0 Å². The molecule has 10 rings (SSSR count). The average Bonchev–Trinajstić information content (AvgIpc) is 3.46. The number of nitrogens with zero attached hydrogens (tertiary/aromatic N) is 2. The molecule has 0 aliphatic carbocycles. The second-order valence-electron chi connectivity index (χ2n) is 11.9. The molecule has 10 aromatic rings. The third-order valence-electron chi connectivity index (χ3n) is 9.49. The Morgan fingerprint density at radius 3 is 1.93 bits per heavy atom. The van der Waals surface area contributed by atoms with Gasteiger partial charge in [-0.15, -0.1) is 0 Å². The summed E-state index contributed by atoms with van der Waals surface area (Å²) in [6.07, 6.45) is 0. The van der Waals surface area contributed by atoms with E-state index in [1.165, 1.54) is 65.5 Å². The normalized spacial score (nSPS) is 12.0. The minimum Gasteiger partial charge on any atom is -0.293 e. The largest absolute Gasteiger partial charge is 0.293 e. The van der Waals surface area contributed by atoms with Crippen molar-refractivity contribution >= 4 is 59.6 Å². The zero-order chi connectivity index (χ0) is 29.5. The van der Waals surface area contributed by atoms with Crippen LogP contribution in [0.25, 0.3) is 93.3 Å². The Kier molecular flexibility index (Phi) is 5.03. The van der Waals surface area contributed by atoms with Crippen LogP contribution in [0.3, 0.4) is 0 Å². The fourth-order valence-electron chi connectivity index (χ4n) is 7.55. The zero-order valence-electron chi connectivity index (χ0n) is 24.4. The first-order chi connectivity index (χ1) is 22.3. The van der Waals surface area contributed by atoms with Gasteiger partial charge in [0.25, 0.3) is 0 Å². The molecule has 0 radical (unpaired) electrons. The summed E-state index contributed by atoms with van der Waals surface area (Å²) in [5.74, 6) is 0.953. The lowest BCUT2D eigenvalue weighted by Crippen LogP contribution is -1.97. The van der Waals surface area contributed by atoms with Gasteiger partial charge in [-0.05, 0) is 67.2 Å². The van der Waals surface area contributed by atoms with Crippen molar-refractivity contribution in [1.29, 1.82) is 0 Å². The fourth-order valence-corrected chi connectivity index (χ4v) is 7.55. The second-order valence-corrected chi connectivity index (χ2v) is 11.9. The van der Waals surface area contributed by atoms with Crippen LogP contribution in [0.2, 0.25) is 0 Å². The first kappa shape index (κ1) is 24.5. The van der Waals surface area contributed by atoms with E-state index in [2.05, 4.69) is 162 Å². The highest BCUT2D eigenvalue weighted by Gasteiger charge is 2.21. The number of para-hydroxylation sites is 2. The predicted octanol–water partition coefficient (Wildman–Crippen LogP) is 11.5. The van der Waals surface area contributed by atoms with E-state index < -0.39 is 0 Å². The molecule has 45 heavy (non-hydrogen) atoms. The Morgan fingerprint density at radius 2 is 1.07 bits per heavy atom. The van der Waals surface area contributed by atoms with Gasteiger partial charge < -0.3 is 0 Å². The summed E-state index contributed by atoms with van der Waals surface area (Å²) in [4.78, 5) is 5.23. The molecule has 2 heteroatoms. The van der Waals surface area contributed by atoms with Crippen molar-refractivity contribution in [3.8, 4) is 33.6 Å². The van der Waals surface area contributed by atoms with Gasteiger partial charge in [-0.25, -0.2) is 4.98 Å². The van der Waals surface area contributed by atoms with Crippen molar-refractivity contribution in [3.05, 3.63) is 158 Å². The number of fused-ring (bicyclic) bond motifs is 5. The molecule has 2 nitrogen and oxygen atoms in total. The minimum atomic E-state index is 0.953. The molecule has 2 heterocycles. The lowest BCUT2D eigenvalue weighted by molar-refractivity contribution is 1.17. The van der Waals surface area contributed by atoms with Crippen LogP contribution in [0.1, 0.15) is 0 Å². The summed E-state index contributed by atoms with van der Waals surface area (Å²) >= 11 is 0. The van der Waals surface area contributed by atoms with E-state index in [1.807, 2.05) is 0 Å². The quantitative estimate of drug-likeness (QED) is 0.193. The Morgan fingerprint density at radius 1 is 0.422 bits per heavy atom. The van der Waals surface area contributed by atoms with Gasteiger partial charge in [0.1, 0.15) is 5.82 Å². The van der Waals surface area contributed by atoms with Crippen LogP contribution in [0, 0.1) is 0 Å². The Hall–Kier alpha value is -5.99. The van der Waals surface area contributed by atoms with Crippen molar-refractivity contribution in [3.63, 3.8) is 0 Å². The van der Waals surface area contributed by atoms with E-state index in [0.29, 0.717) is 0 Å². The van der Waals surface area contributed by atoms with Crippen LogP contribution < -0.4 is 0 Å². The first-order valence-electron chi connectivity index (χ1n) is 15.5. The third-order valence-corrected chi connectivity index (χ3v) is 9.49. The van der Waals surface area contributed by atoms with E-state index in [9.17, 15) is 0 Å². The number of aromatic nitrogens is 2. The van der Waals surface area contributed by atoms with Crippen molar-refractivity contribution in [2.24, 2.45) is 0 Å². The maximum absolute atomic E-state index is 5.23. The zero-order valence-corrected chi connectivity index (χ0v) is 24.4. The van der Waals surface area contributed by atoms with Crippen molar-refractivity contribution < 1.29 is 0 Å². The fraction of sp³-hybridized carbons (Fsp3) is 0. The van der Waals surface area contributed by atoms with Gasteiger partial charge in [-0.3, -0.25) is 4.40 Å². The number of benzene rings is 8.